The Morgan fingerprint density at radius 2 is 2.06 bits per heavy atom. The zero-order valence-corrected chi connectivity index (χ0v) is 10.5. The van der Waals surface area contributed by atoms with Crippen LogP contribution in [-0.4, -0.2) is 19.3 Å². The van der Waals surface area contributed by atoms with Crippen LogP contribution in [0.5, 0.6) is 0 Å². The lowest BCUT2D eigenvalue weighted by Gasteiger charge is -2.06. The first-order chi connectivity index (χ1) is 8.48. The second kappa shape index (κ2) is 4.83. The minimum atomic E-state index is -4.87. The predicted octanol–water partition coefficient (Wildman–Crippen LogP) is 2.05. The minimum Gasteiger partial charge on any atom is -0.320 e. The summed E-state index contributed by atoms with van der Waals surface area (Å²) >= 11 is 1.10. The Hall–Kier alpha value is -1.80. The number of para-hydroxylation sites is 1. The third-order valence-corrected chi connectivity index (χ3v) is 3.71. The van der Waals surface area contributed by atoms with Gasteiger partial charge in [-0.1, -0.05) is 12.1 Å². The average Bonchev–Trinajstić information content (AvgIpc) is 2.81. The maximum Gasteiger partial charge on any atom is 0.334 e. The molecule has 8 heteroatoms. The van der Waals surface area contributed by atoms with Crippen LogP contribution in [0.1, 0.15) is 9.67 Å². The Bertz CT molecular complexity index is 668. The Morgan fingerprint density at radius 1 is 1.33 bits per heavy atom. The fourth-order valence-electron chi connectivity index (χ4n) is 1.29. The van der Waals surface area contributed by atoms with Gasteiger partial charge in [0.2, 0.25) is 0 Å². The molecule has 0 aliphatic heterocycles. The highest BCUT2D eigenvalue weighted by molar-refractivity contribution is 7.86. The molecule has 0 aliphatic carbocycles. The summed E-state index contributed by atoms with van der Waals surface area (Å²) in [4.78, 5) is 15.2. The number of carbonyl (C=O) groups is 1. The normalized spacial score (nSPS) is 11.2. The van der Waals surface area contributed by atoms with Gasteiger partial charge in [-0.05, 0) is 12.1 Å². The van der Waals surface area contributed by atoms with Crippen molar-refractivity contribution in [3.63, 3.8) is 0 Å². The van der Waals surface area contributed by atoms with E-state index >= 15 is 0 Å². The topological polar surface area (TPSA) is 76.1 Å². The standard InChI is InChI=1S/C10H7FN2O3S2/c11-18(15,16)9-4-2-1-3-7(9)13-10(14)8-5-12-6-17-8/h1-6H,(H,13,14). The first kappa shape index (κ1) is 12.7. The summed E-state index contributed by atoms with van der Waals surface area (Å²) in [6.45, 7) is 0. The van der Waals surface area contributed by atoms with E-state index in [4.69, 9.17) is 0 Å². The molecule has 0 unspecified atom stereocenters. The molecule has 1 heterocycles. The molecule has 0 spiro atoms. The van der Waals surface area contributed by atoms with Crippen molar-refractivity contribution in [2.24, 2.45) is 0 Å². The van der Waals surface area contributed by atoms with Crippen molar-refractivity contribution in [2.75, 3.05) is 5.32 Å². The number of nitrogens with zero attached hydrogens (tertiary/aromatic N) is 1. The number of nitrogens with one attached hydrogen (secondary N) is 1. The number of aromatic nitrogens is 1. The van der Waals surface area contributed by atoms with Crippen LogP contribution in [0.15, 0.2) is 40.9 Å². The van der Waals surface area contributed by atoms with E-state index in [0.29, 0.717) is 4.88 Å². The SMILES string of the molecule is O=C(Nc1ccccc1S(=O)(=O)F)c1cncs1. The third-order valence-electron chi connectivity index (χ3n) is 2.05. The number of hydrogen-bond donors (Lipinski definition) is 1. The number of benzene rings is 1. The molecule has 94 valence electrons. The second-order valence-corrected chi connectivity index (χ2v) is 5.46. The lowest BCUT2D eigenvalue weighted by molar-refractivity contribution is 0.103. The summed E-state index contributed by atoms with van der Waals surface area (Å²) in [6.07, 6.45) is 1.34. The molecule has 5 nitrogen and oxygen atoms in total. The van der Waals surface area contributed by atoms with Crippen LogP contribution >= 0.6 is 11.3 Å². The van der Waals surface area contributed by atoms with Gasteiger partial charge in [0.1, 0.15) is 9.77 Å². The maximum atomic E-state index is 13.0. The van der Waals surface area contributed by atoms with Gasteiger partial charge in [0.05, 0.1) is 17.4 Å². The van der Waals surface area contributed by atoms with Crippen LogP contribution in [-0.2, 0) is 10.2 Å². The van der Waals surface area contributed by atoms with Crippen LogP contribution < -0.4 is 5.32 Å². The second-order valence-electron chi connectivity index (χ2n) is 3.25. The van der Waals surface area contributed by atoms with E-state index in [1.54, 1.807) is 0 Å². The van der Waals surface area contributed by atoms with Gasteiger partial charge in [0, 0.05) is 0 Å². The highest BCUT2D eigenvalue weighted by atomic mass is 32.3. The molecule has 0 saturated heterocycles. The van der Waals surface area contributed by atoms with Gasteiger partial charge in [0.15, 0.2) is 0 Å². The summed E-state index contributed by atoms with van der Waals surface area (Å²) in [6, 6.07) is 5.26. The average molecular weight is 286 g/mol. The Morgan fingerprint density at radius 3 is 2.67 bits per heavy atom. The van der Waals surface area contributed by atoms with Crippen molar-refractivity contribution >= 4 is 33.2 Å². The van der Waals surface area contributed by atoms with Crippen LogP contribution in [0, 0.1) is 0 Å². The molecule has 1 aromatic carbocycles. The summed E-state index contributed by atoms with van der Waals surface area (Å²) in [5.74, 6) is -0.534. The predicted molar refractivity (Wildman–Crippen MR) is 64.8 cm³/mol. The van der Waals surface area contributed by atoms with Crippen molar-refractivity contribution < 1.29 is 17.1 Å². The minimum absolute atomic E-state index is 0.0987. The monoisotopic (exact) mass is 286 g/mol. The van der Waals surface area contributed by atoms with Crippen molar-refractivity contribution in [2.45, 2.75) is 4.90 Å². The van der Waals surface area contributed by atoms with E-state index in [1.807, 2.05) is 0 Å². The van der Waals surface area contributed by atoms with Gasteiger partial charge < -0.3 is 5.32 Å². The number of thiazole rings is 1. The van der Waals surface area contributed by atoms with Crippen molar-refractivity contribution in [3.05, 3.63) is 40.8 Å². The molecule has 0 bridgehead atoms. The van der Waals surface area contributed by atoms with Gasteiger partial charge >= 0.3 is 10.2 Å². The van der Waals surface area contributed by atoms with Crippen molar-refractivity contribution in [1.29, 1.82) is 0 Å². The van der Waals surface area contributed by atoms with Crippen molar-refractivity contribution in [1.82, 2.24) is 4.98 Å². The summed E-state index contributed by atoms with van der Waals surface area (Å²) in [7, 11) is -4.87. The smallest absolute Gasteiger partial charge is 0.320 e. The molecule has 0 aliphatic rings. The largest absolute Gasteiger partial charge is 0.334 e. The van der Waals surface area contributed by atoms with E-state index in [-0.39, 0.29) is 5.69 Å². The number of halogens is 1. The fraction of sp³-hybridized carbons (Fsp3) is 0. The van der Waals surface area contributed by atoms with Crippen LogP contribution in [0.3, 0.4) is 0 Å². The van der Waals surface area contributed by atoms with Crippen LogP contribution in [0.2, 0.25) is 0 Å². The zero-order chi connectivity index (χ0) is 13.2. The van der Waals surface area contributed by atoms with Gasteiger partial charge in [-0.25, -0.2) is 0 Å². The molecule has 0 atom stereocenters. The molecular formula is C10H7FN2O3S2. The molecule has 18 heavy (non-hydrogen) atoms. The first-order valence-corrected chi connectivity index (χ1v) is 6.98. The molecule has 1 aromatic heterocycles. The molecule has 2 aromatic rings. The molecule has 0 radical (unpaired) electrons. The Kier molecular flexibility index (Phi) is 3.39. The molecule has 0 saturated carbocycles. The highest BCUT2D eigenvalue weighted by Crippen LogP contribution is 2.23. The number of hydrogen-bond acceptors (Lipinski definition) is 5. The molecule has 0 fully saturated rings. The number of amides is 1. The first-order valence-electron chi connectivity index (χ1n) is 4.72. The van der Waals surface area contributed by atoms with Crippen LogP contribution in [0.25, 0.3) is 0 Å². The van der Waals surface area contributed by atoms with E-state index in [0.717, 1.165) is 17.4 Å². The zero-order valence-electron chi connectivity index (χ0n) is 8.83. The molecule has 1 N–H and O–H groups in total. The number of anilines is 1. The van der Waals surface area contributed by atoms with Gasteiger partial charge in [-0.2, -0.15) is 8.42 Å². The quantitative estimate of drug-likeness (QED) is 0.876. The Balaban J connectivity index is 2.33. The lowest BCUT2D eigenvalue weighted by atomic mass is 10.3. The summed E-state index contributed by atoms with van der Waals surface area (Å²) in [5.41, 5.74) is 1.37. The van der Waals surface area contributed by atoms with Gasteiger partial charge in [-0.3, -0.25) is 9.78 Å². The van der Waals surface area contributed by atoms with Gasteiger partial charge in [-0.15, -0.1) is 15.2 Å². The van der Waals surface area contributed by atoms with E-state index in [9.17, 15) is 17.1 Å². The Labute approximate surface area is 107 Å². The van der Waals surface area contributed by atoms with E-state index < -0.39 is 21.0 Å². The summed E-state index contributed by atoms with van der Waals surface area (Å²) < 4.78 is 34.8. The van der Waals surface area contributed by atoms with Gasteiger partial charge in [0.25, 0.3) is 5.91 Å². The van der Waals surface area contributed by atoms with E-state index in [1.165, 1.54) is 29.9 Å². The number of carbonyl (C=O) groups excluding carboxylic acids is 1. The summed E-state index contributed by atoms with van der Waals surface area (Å²) in [5, 5.41) is 2.33. The fourth-order valence-corrected chi connectivity index (χ4v) is 2.43. The molecular weight excluding hydrogens is 279 g/mol. The van der Waals surface area contributed by atoms with Crippen molar-refractivity contribution in [3.8, 4) is 0 Å². The van der Waals surface area contributed by atoms with E-state index in [2.05, 4.69) is 10.3 Å². The maximum absolute atomic E-state index is 13.0. The number of rotatable bonds is 3. The van der Waals surface area contributed by atoms with Crippen LogP contribution in [0.4, 0.5) is 9.57 Å². The molecule has 2 rings (SSSR count). The third kappa shape index (κ3) is 2.71. The lowest BCUT2D eigenvalue weighted by Crippen LogP contribution is -2.12. The molecule has 1 amide bonds. The highest BCUT2D eigenvalue weighted by Gasteiger charge is 2.18.